The van der Waals surface area contributed by atoms with Crippen molar-refractivity contribution in [3.05, 3.63) is 46.6 Å². The minimum absolute atomic E-state index is 0. The first-order valence-corrected chi connectivity index (χ1v) is 9.63. The number of hydrogen-bond donors (Lipinski definition) is 2. The van der Waals surface area contributed by atoms with Crippen LogP contribution in [0.1, 0.15) is 5.56 Å². The van der Waals surface area contributed by atoms with Gasteiger partial charge in [-0.1, -0.05) is 12.1 Å². The summed E-state index contributed by atoms with van der Waals surface area (Å²) < 4.78 is 8.53. The van der Waals surface area contributed by atoms with Gasteiger partial charge in [0.1, 0.15) is 11.8 Å². The minimum atomic E-state index is -1.02. The Morgan fingerprint density at radius 1 is 1.21 bits per heavy atom. The van der Waals surface area contributed by atoms with Crippen molar-refractivity contribution in [1.82, 2.24) is 0 Å². The van der Waals surface area contributed by atoms with Crippen LogP contribution in [-0.2, 0) is 11.2 Å². The Kier molecular flexibility index (Phi) is 9.57. The molecule has 5 nitrogen and oxygen atoms in total. The number of rotatable bonds is 5. The molecule has 2 aromatic rings. The van der Waals surface area contributed by atoms with Crippen LogP contribution in [0, 0.1) is 10.7 Å². The summed E-state index contributed by atoms with van der Waals surface area (Å²) >= 11 is 6.47. The number of aliphatic carboxylic acids is 1. The zero-order valence-electron chi connectivity index (χ0n) is 12.6. The van der Waals surface area contributed by atoms with Gasteiger partial charge < -0.3 is 20.7 Å². The summed E-state index contributed by atoms with van der Waals surface area (Å²) in [4.78, 5) is 10.9. The normalized spacial score (nSPS) is 11.5. The molecule has 0 spiro atoms. The topological polar surface area (TPSA) is 95.6 Å². The number of benzene rings is 2. The second-order valence-electron chi connectivity index (χ2n) is 4.70. The van der Waals surface area contributed by atoms with Crippen molar-refractivity contribution >= 4 is 73.7 Å². The van der Waals surface area contributed by atoms with Crippen molar-refractivity contribution in [1.29, 1.82) is 0 Å². The van der Waals surface area contributed by atoms with Gasteiger partial charge in [0.25, 0.3) is 0 Å². The summed E-state index contributed by atoms with van der Waals surface area (Å²) in [7, 11) is 0. The molecule has 0 fully saturated rings. The summed E-state index contributed by atoms with van der Waals surface area (Å²) in [6, 6.07) is 7.07. The van der Waals surface area contributed by atoms with Crippen LogP contribution in [0.2, 0.25) is 0 Å². The molecule has 0 heterocycles. The molecule has 0 saturated carbocycles. The third-order valence-corrected chi connectivity index (χ3v) is 7.09. The summed E-state index contributed by atoms with van der Waals surface area (Å²) in [5.74, 6) is 0.159. The van der Waals surface area contributed by atoms with Crippen LogP contribution in [-0.4, -0.2) is 17.1 Å². The Labute approximate surface area is 202 Å². The molecule has 0 unspecified atom stereocenters. The van der Waals surface area contributed by atoms with E-state index in [2.05, 4.69) is 67.8 Å². The second kappa shape index (κ2) is 10.1. The van der Waals surface area contributed by atoms with E-state index in [4.69, 9.17) is 15.6 Å². The van der Waals surface area contributed by atoms with Crippen LogP contribution in [0.4, 0.5) is 0 Å². The molecule has 24 heavy (non-hydrogen) atoms. The van der Waals surface area contributed by atoms with Crippen molar-refractivity contribution in [3.8, 4) is 17.2 Å². The van der Waals surface area contributed by atoms with Gasteiger partial charge >= 0.3 is 35.5 Å². The molecule has 0 aromatic heterocycles. The van der Waals surface area contributed by atoms with Gasteiger partial charge in [0, 0.05) is 3.57 Å². The van der Waals surface area contributed by atoms with Crippen LogP contribution in [0.3, 0.4) is 0 Å². The molecular weight excluding hydrogens is 662 g/mol. The summed E-state index contributed by atoms with van der Waals surface area (Å²) in [5.41, 5.74) is 6.50. The van der Waals surface area contributed by atoms with Crippen molar-refractivity contribution in [2.45, 2.75) is 12.5 Å². The van der Waals surface area contributed by atoms with E-state index in [-0.39, 0.29) is 41.7 Å². The number of carboxylic acid groups (broad SMARTS) is 1. The molecule has 2 aromatic carbocycles. The second-order valence-corrected chi connectivity index (χ2v) is 8.02. The van der Waals surface area contributed by atoms with E-state index in [1.807, 2.05) is 6.07 Å². The molecule has 2 rings (SSSR count). The Morgan fingerprint density at radius 3 is 2.33 bits per heavy atom. The van der Waals surface area contributed by atoms with E-state index >= 15 is 0 Å². The molecule has 3 N–H and O–H groups in total. The van der Waals surface area contributed by atoms with Gasteiger partial charge in [0.15, 0.2) is 5.75 Å². The van der Waals surface area contributed by atoms with Crippen molar-refractivity contribution in [3.63, 3.8) is 0 Å². The van der Waals surface area contributed by atoms with Gasteiger partial charge in [-0.05, 0) is 98.0 Å². The molecule has 122 valence electrons. The van der Waals surface area contributed by atoms with Crippen molar-refractivity contribution < 1.29 is 49.3 Å². The number of halogens is 3. The summed E-state index contributed by atoms with van der Waals surface area (Å²) in [5, 5.41) is 20.1. The molecule has 9 heteroatoms. The fraction of sp³-hybridized carbons (Fsp3) is 0.133. The number of hydrogen-bond acceptors (Lipinski definition) is 4. The SMILES string of the molecule is N[C@H](Cc1cc(I)c(Oc2ccc([O-])cc2)c(I)c1I)C(=O)O.[Na+]. The van der Waals surface area contributed by atoms with Gasteiger partial charge in [0.05, 0.1) is 7.14 Å². The van der Waals surface area contributed by atoms with Gasteiger partial charge in [-0.2, -0.15) is 0 Å². The van der Waals surface area contributed by atoms with E-state index < -0.39 is 12.0 Å². The standard InChI is InChI=1S/C15H12I3NO4.Na/c16-10-5-7(6-11(19)15(21)22)12(17)13(18)14(10)23-9-3-1-8(20)2-4-9;/h1-5,11,20H,6,19H2,(H,21,22);/q;+1/p-1/t11-;/m1./s1. The monoisotopic (exact) mass is 673 g/mol. The maximum absolute atomic E-state index is 11.1. The van der Waals surface area contributed by atoms with Gasteiger partial charge in [-0.3, -0.25) is 4.79 Å². The fourth-order valence-electron chi connectivity index (χ4n) is 1.82. The van der Waals surface area contributed by atoms with Crippen molar-refractivity contribution in [2.24, 2.45) is 5.73 Å². The van der Waals surface area contributed by atoms with E-state index in [1.165, 1.54) is 12.1 Å². The zero-order valence-corrected chi connectivity index (χ0v) is 21.0. The number of carboxylic acids is 1. The molecule has 0 amide bonds. The minimum Gasteiger partial charge on any atom is -0.872 e. The first kappa shape index (κ1) is 22.7. The van der Waals surface area contributed by atoms with E-state index in [9.17, 15) is 9.90 Å². The molecule has 0 aliphatic rings. The quantitative estimate of drug-likeness (QED) is 0.271. The first-order chi connectivity index (χ1) is 10.8. The Morgan fingerprint density at radius 2 is 1.79 bits per heavy atom. The molecule has 0 saturated heterocycles. The van der Waals surface area contributed by atoms with Gasteiger partial charge in [-0.25, -0.2) is 0 Å². The predicted molar refractivity (Wildman–Crippen MR) is 110 cm³/mol. The third-order valence-electron chi connectivity index (χ3n) is 2.99. The van der Waals surface area contributed by atoms with E-state index in [1.54, 1.807) is 12.1 Å². The molecule has 0 bridgehead atoms. The number of carbonyl (C=O) groups is 1. The zero-order chi connectivity index (χ0) is 17.1. The fourth-order valence-corrected chi connectivity index (χ4v) is 4.46. The van der Waals surface area contributed by atoms with Crippen molar-refractivity contribution in [2.75, 3.05) is 0 Å². The largest absolute Gasteiger partial charge is 1.00 e. The number of nitrogens with two attached hydrogens (primary N) is 1. The summed E-state index contributed by atoms with van der Waals surface area (Å²) in [6.07, 6.45) is 0.255. The first-order valence-electron chi connectivity index (χ1n) is 6.39. The van der Waals surface area contributed by atoms with E-state index in [0.29, 0.717) is 11.5 Å². The predicted octanol–water partition coefficient (Wildman–Crippen LogP) is 0.325. The molecule has 1 atom stereocenters. The average molecular weight is 673 g/mol. The maximum Gasteiger partial charge on any atom is 1.00 e. The Bertz CT molecular complexity index is 740. The van der Waals surface area contributed by atoms with Gasteiger partial charge in [-0.15, -0.1) is 5.75 Å². The number of ether oxygens (including phenoxy) is 1. The van der Waals surface area contributed by atoms with Crippen LogP contribution in [0.25, 0.3) is 0 Å². The van der Waals surface area contributed by atoms with E-state index in [0.717, 1.165) is 16.3 Å². The van der Waals surface area contributed by atoms with Crippen LogP contribution >= 0.6 is 67.8 Å². The Balaban J connectivity index is 0.00000288. The van der Waals surface area contributed by atoms with Crippen LogP contribution < -0.4 is 45.1 Å². The molecule has 0 radical (unpaired) electrons. The molecule has 0 aliphatic carbocycles. The molecule has 0 aliphatic heterocycles. The van der Waals surface area contributed by atoms with Crippen LogP contribution in [0.5, 0.6) is 17.2 Å². The third kappa shape index (κ3) is 5.84. The Hall–Kier alpha value is 0.660. The smallest absolute Gasteiger partial charge is 0.872 e. The maximum atomic E-state index is 11.1. The van der Waals surface area contributed by atoms with Gasteiger partial charge in [0.2, 0.25) is 0 Å². The molecular formula is C15H11I3NNaO4. The average Bonchev–Trinajstić information content (AvgIpc) is 2.50. The summed E-state index contributed by atoms with van der Waals surface area (Å²) in [6.45, 7) is 0. The van der Waals surface area contributed by atoms with Crippen LogP contribution in [0.15, 0.2) is 30.3 Å².